The maximum atomic E-state index is 12.8. The monoisotopic (exact) mass is 379 g/mol. The number of nitrogens with one attached hydrogen (secondary N) is 2. The molecule has 2 N–H and O–H groups in total. The van der Waals surface area contributed by atoms with Crippen LogP contribution in [0.4, 0.5) is 4.79 Å². The van der Waals surface area contributed by atoms with Gasteiger partial charge in [0.25, 0.3) is 0 Å². The Bertz CT molecular complexity index is 917. The summed E-state index contributed by atoms with van der Waals surface area (Å²) in [4.78, 5) is 27.1. The van der Waals surface area contributed by atoms with Crippen LogP contribution in [0.25, 0.3) is 0 Å². The van der Waals surface area contributed by atoms with Crippen molar-refractivity contribution in [3.05, 3.63) is 59.7 Å². The predicted molar refractivity (Wildman–Crippen MR) is 101 cm³/mol. The number of ether oxygens (including phenoxy) is 2. The molecular formula is C21H21N3O4. The van der Waals surface area contributed by atoms with E-state index in [-0.39, 0.29) is 36.7 Å². The van der Waals surface area contributed by atoms with Gasteiger partial charge in [-0.1, -0.05) is 36.4 Å². The molecule has 2 aromatic rings. The van der Waals surface area contributed by atoms with Crippen molar-refractivity contribution in [3.8, 4) is 11.5 Å². The fraction of sp³-hybridized carbons (Fsp3) is 0.333. The molecule has 3 atom stereocenters. The fourth-order valence-electron chi connectivity index (χ4n) is 4.40. The first-order valence-corrected chi connectivity index (χ1v) is 9.49. The number of fused-ring (bicyclic) bond motifs is 2. The molecule has 5 rings (SSSR count). The number of carbonyl (C=O) groups excluding carboxylic acids is 2. The summed E-state index contributed by atoms with van der Waals surface area (Å²) < 4.78 is 10.9. The summed E-state index contributed by atoms with van der Waals surface area (Å²) in [5.74, 6) is 0.834. The molecule has 3 amide bonds. The Hall–Kier alpha value is -3.06. The van der Waals surface area contributed by atoms with Crippen molar-refractivity contribution < 1.29 is 19.1 Å². The average Bonchev–Trinajstić information content (AvgIpc) is 3.19. The number of piperidine rings is 1. The van der Waals surface area contributed by atoms with E-state index in [1.807, 2.05) is 48.5 Å². The number of benzene rings is 2. The van der Waals surface area contributed by atoms with Crippen LogP contribution in [-0.2, 0) is 11.3 Å². The molecule has 3 aliphatic rings. The normalized spacial score (nSPS) is 26.0. The van der Waals surface area contributed by atoms with Gasteiger partial charge in [-0.25, -0.2) is 4.79 Å². The van der Waals surface area contributed by atoms with Gasteiger partial charge in [0.15, 0.2) is 11.5 Å². The van der Waals surface area contributed by atoms with E-state index in [0.29, 0.717) is 12.3 Å². The summed E-state index contributed by atoms with van der Waals surface area (Å²) >= 11 is 0. The van der Waals surface area contributed by atoms with Crippen molar-refractivity contribution in [2.24, 2.45) is 5.92 Å². The minimum absolute atomic E-state index is 0.00729. The van der Waals surface area contributed by atoms with E-state index in [0.717, 1.165) is 29.8 Å². The van der Waals surface area contributed by atoms with Gasteiger partial charge in [-0.15, -0.1) is 0 Å². The van der Waals surface area contributed by atoms with Gasteiger partial charge in [-0.2, -0.15) is 0 Å². The molecule has 2 fully saturated rings. The topological polar surface area (TPSA) is 79.9 Å². The zero-order valence-corrected chi connectivity index (χ0v) is 15.3. The maximum absolute atomic E-state index is 12.8. The Morgan fingerprint density at radius 1 is 1.04 bits per heavy atom. The van der Waals surface area contributed by atoms with Crippen LogP contribution in [0.2, 0.25) is 0 Å². The zero-order valence-electron chi connectivity index (χ0n) is 15.3. The van der Waals surface area contributed by atoms with E-state index in [4.69, 9.17) is 9.47 Å². The van der Waals surface area contributed by atoms with Crippen LogP contribution in [0.5, 0.6) is 11.5 Å². The molecule has 2 aromatic carbocycles. The lowest BCUT2D eigenvalue weighted by molar-refractivity contribution is -0.131. The first kappa shape index (κ1) is 17.1. The van der Waals surface area contributed by atoms with Crippen LogP contribution in [0, 0.1) is 5.92 Å². The van der Waals surface area contributed by atoms with E-state index in [1.54, 1.807) is 4.90 Å². The Morgan fingerprint density at radius 2 is 1.86 bits per heavy atom. The van der Waals surface area contributed by atoms with Gasteiger partial charge in [0.05, 0.1) is 12.1 Å². The standard InChI is InChI=1S/C21H21N3O4/c25-20-18-15(14-6-7-16-17(10-14)28-12-27-16)8-9-22-19(18)24(21(26)23-20)11-13-4-2-1-3-5-13/h1-7,10,15,18-19,22H,8-9,11-12H2,(H,23,25,26). The Kier molecular flexibility index (Phi) is 4.16. The molecular weight excluding hydrogens is 358 g/mol. The second-order valence-electron chi connectivity index (χ2n) is 7.34. The predicted octanol–water partition coefficient (Wildman–Crippen LogP) is 2.19. The molecule has 0 bridgehead atoms. The molecule has 28 heavy (non-hydrogen) atoms. The highest BCUT2D eigenvalue weighted by atomic mass is 16.7. The smallest absolute Gasteiger partial charge is 0.325 e. The molecule has 0 aliphatic carbocycles. The molecule has 144 valence electrons. The zero-order chi connectivity index (χ0) is 19.1. The average molecular weight is 379 g/mol. The highest BCUT2D eigenvalue weighted by molar-refractivity contribution is 5.99. The minimum Gasteiger partial charge on any atom is -0.454 e. The SMILES string of the molecule is O=C1NC(=O)N(Cc2ccccc2)C2NCCC(c3ccc4c(c3)OCO4)C12. The largest absolute Gasteiger partial charge is 0.454 e. The van der Waals surface area contributed by atoms with Crippen LogP contribution < -0.4 is 20.1 Å². The summed E-state index contributed by atoms with van der Waals surface area (Å²) in [5.41, 5.74) is 2.06. The molecule has 2 saturated heterocycles. The third-order valence-corrected chi connectivity index (χ3v) is 5.73. The Balaban J connectivity index is 1.46. The van der Waals surface area contributed by atoms with Crippen molar-refractivity contribution in [3.63, 3.8) is 0 Å². The highest BCUT2D eigenvalue weighted by Crippen LogP contribution is 2.41. The lowest BCUT2D eigenvalue weighted by Crippen LogP contribution is -2.67. The number of amides is 3. The Labute approximate surface area is 162 Å². The Morgan fingerprint density at radius 3 is 2.71 bits per heavy atom. The summed E-state index contributed by atoms with van der Waals surface area (Å²) in [6.07, 6.45) is 0.465. The van der Waals surface area contributed by atoms with Crippen LogP contribution >= 0.6 is 0 Å². The molecule has 7 nitrogen and oxygen atoms in total. The van der Waals surface area contributed by atoms with Crippen LogP contribution in [0.15, 0.2) is 48.5 Å². The van der Waals surface area contributed by atoms with Crippen LogP contribution in [-0.4, -0.2) is 36.3 Å². The van der Waals surface area contributed by atoms with Gasteiger partial charge in [-0.05, 0) is 36.2 Å². The number of urea groups is 1. The van der Waals surface area contributed by atoms with Crippen LogP contribution in [0.3, 0.4) is 0 Å². The molecule has 3 unspecified atom stereocenters. The molecule has 0 saturated carbocycles. The number of nitrogens with zero attached hydrogens (tertiary/aromatic N) is 1. The number of carbonyl (C=O) groups is 2. The van der Waals surface area contributed by atoms with Gasteiger partial charge in [-0.3, -0.25) is 15.4 Å². The molecule has 0 spiro atoms. The van der Waals surface area contributed by atoms with E-state index in [9.17, 15) is 9.59 Å². The lowest BCUT2D eigenvalue weighted by atomic mass is 9.77. The van der Waals surface area contributed by atoms with Gasteiger partial charge >= 0.3 is 6.03 Å². The van der Waals surface area contributed by atoms with Gasteiger partial charge in [0, 0.05) is 12.5 Å². The second kappa shape index (κ2) is 6.83. The first-order valence-electron chi connectivity index (χ1n) is 9.49. The molecule has 3 heterocycles. The molecule has 7 heteroatoms. The molecule has 0 radical (unpaired) electrons. The minimum atomic E-state index is -0.365. The number of rotatable bonds is 3. The van der Waals surface area contributed by atoms with Gasteiger partial charge in [0.1, 0.15) is 0 Å². The van der Waals surface area contributed by atoms with Crippen molar-refractivity contribution in [1.29, 1.82) is 0 Å². The summed E-state index contributed by atoms with van der Waals surface area (Å²) in [7, 11) is 0. The third-order valence-electron chi connectivity index (χ3n) is 5.73. The van der Waals surface area contributed by atoms with Gasteiger partial charge < -0.3 is 14.4 Å². The van der Waals surface area contributed by atoms with E-state index >= 15 is 0 Å². The number of hydrogen-bond donors (Lipinski definition) is 2. The fourth-order valence-corrected chi connectivity index (χ4v) is 4.40. The summed E-state index contributed by atoms with van der Waals surface area (Å²) in [6, 6.07) is 15.3. The van der Waals surface area contributed by atoms with Crippen molar-refractivity contribution in [1.82, 2.24) is 15.5 Å². The maximum Gasteiger partial charge on any atom is 0.325 e. The van der Waals surface area contributed by atoms with Crippen molar-refractivity contribution in [2.75, 3.05) is 13.3 Å². The van der Waals surface area contributed by atoms with Gasteiger partial charge in [0.2, 0.25) is 12.7 Å². The van der Waals surface area contributed by atoms with E-state index in [1.165, 1.54) is 0 Å². The first-order chi connectivity index (χ1) is 13.7. The quantitative estimate of drug-likeness (QED) is 0.855. The number of hydrogen-bond acceptors (Lipinski definition) is 5. The van der Waals surface area contributed by atoms with E-state index in [2.05, 4.69) is 10.6 Å². The van der Waals surface area contributed by atoms with Crippen molar-refractivity contribution in [2.45, 2.75) is 25.0 Å². The van der Waals surface area contributed by atoms with Crippen LogP contribution in [0.1, 0.15) is 23.5 Å². The highest BCUT2D eigenvalue weighted by Gasteiger charge is 2.47. The van der Waals surface area contributed by atoms with E-state index < -0.39 is 0 Å². The third kappa shape index (κ3) is 2.88. The number of imide groups is 1. The van der Waals surface area contributed by atoms with Crippen molar-refractivity contribution >= 4 is 11.9 Å². The summed E-state index contributed by atoms with van der Waals surface area (Å²) in [6.45, 7) is 1.39. The molecule has 0 aromatic heterocycles. The lowest BCUT2D eigenvalue weighted by Gasteiger charge is -2.46. The summed E-state index contributed by atoms with van der Waals surface area (Å²) in [5, 5.41) is 5.95. The second-order valence-corrected chi connectivity index (χ2v) is 7.34. The molecule has 3 aliphatic heterocycles.